The van der Waals surface area contributed by atoms with Gasteiger partial charge >= 0.3 is 0 Å². The molecule has 0 radical (unpaired) electrons. The molecule has 0 amide bonds. The van der Waals surface area contributed by atoms with Gasteiger partial charge in [-0.25, -0.2) is 0 Å². The van der Waals surface area contributed by atoms with E-state index in [-0.39, 0.29) is 23.2 Å². The number of carbonyl (C=O) groups is 1. The quantitative estimate of drug-likeness (QED) is 0.605. The van der Waals surface area contributed by atoms with Crippen molar-refractivity contribution in [1.82, 2.24) is 0 Å². The van der Waals surface area contributed by atoms with E-state index in [1.54, 1.807) is 24.3 Å². The molecule has 4 nitrogen and oxygen atoms in total. The normalized spacial score (nSPS) is 11.2. The van der Waals surface area contributed by atoms with Crippen molar-refractivity contribution in [2.45, 2.75) is 26.7 Å². The van der Waals surface area contributed by atoms with Crippen molar-refractivity contribution in [2.75, 3.05) is 6.61 Å². The molecule has 0 saturated heterocycles. The molecule has 126 valence electrons. The predicted molar refractivity (Wildman–Crippen MR) is 94.8 cm³/mol. The topological polar surface area (TPSA) is 66.8 Å². The molecule has 0 atom stereocenters. The summed E-state index contributed by atoms with van der Waals surface area (Å²) in [6.07, 6.45) is 3.15. The fourth-order valence-electron chi connectivity index (χ4n) is 2.36. The van der Waals surface area contributed by atoms with Gasteiger partial charge in [0.15, 0.2) is 5.78 Å². The van der Waals surface area contributed by atoms with Crippen molar-refractivity contribution in [2.24, 2.45) is 0 Å². The first kappa shape index (κ1) is 17.6. The number of allylic oxidation sites excluding steroid dienone is 1. The van der Waals surface area contributed by atoms with E-state index in [1.165, 1.54) is 18.2 Å². The summed E-state index contributed by atoms with van der Waals surface area (Å²) in [5.74, 6) is 0.830. The van der Waals surface area contributed by atoms with Crippen LogP contribution < -0.4 is 4.74 Å². The van der Waals surface area contributed by atoms with Gasteiger partial charge < -0.3 is 14.9 Å². The van der Waals surface area contributed by atoms with Crippen LogP contribution in [-0.2, 0) is 0 Å². The maximum absolute atomic E-state index is 12.2. The number of ketones is 1. The summed E-state index contributed by atoms with van der Waals surface area (Å²) >= 11 is 0. The molecule has 0 saturated carbocycles. The molecule has 0 aliphatic rings. The van der Waals surface area contributed by atoms with Crippen molar-refractivity contribution in [3.63, 3.8) is 0 Å². The molecule has 0 aliphatic heterocycles. The lowest BCUT2D eigenvalue weighted by molar-refractivity contribution is 0.104. The molecule has 2 aromatic rings. The summed E-state index contributed by atoms with van der Waals surface area (Å²) < 4.78 is 5.55. The third kappa shape index (κ3) is 4.16. The zero-order chi connectivity index (χ0) is 17.7. The zero-order valence-corrected chi connectivity index (χ0v) is 14.1. The second-order valence-electron chi connectivity index (χ2n) is 5.78. The van der Waals surface area contributed by atoms with Gasteiger partial charge in [-0.1, -0.05) is 13.8 Å². The fourth-order valence-corrected chi connectivity index (χ4v) is 2.36. The number of carbonyl (C=O) groups excluding carboxylic acids is 1. The molecule has 2 N–H and O–H groups in total. The minimum absolute atomic E-state index is 0.120. The number of phenolic OH excluding ortho intramolecular Hbond substituents is 2. The largest absolute Gasteiger partial charge is 0.508 e. The number of hydrogen-bond acceptors (Lipinski definition) is 4. The highest BCUT2D eigenvalue weighted by Crippen LogP contribution is 2.33. The van der Waals surface area contributed by atoms with E-state index in [4.69, 9.17) is 4.74 Å². The third-order valence-corrected chi connectivity index (χ3v) is 3.65. The Bertz CT molecular complexity index is 743. The number of phenols is 2. The highest BCUT2D eigenvalue weighted by atomic mass is 16.5. The van der Waals surface area contributed by atoms with E-state index >= 15 is 0 Å². The van der Waals surface area contributed by atoms with Crippen molar-refractivity contribution in [1.29, 1.82) is 0 Å². The number of ether oxygens (including phenoxy) is 1. The van der Waals surface area contributed by atoms with E-state index < -0.39 is 0 Å². The Morgan fingerprint density at radius 3 is 2.42 bits per heavy atom. The van der Waals surface area contributed by atoms with Crippen LogP contribution in [0.5, 0.6) is 17.2 Å². The summed E-state index contributed by atoms with van der Waals surface area (Å²) in [7, 11) is 0. The maximum atomic E-state index is 12.2. The molecular formula is C20H22O4. The van der Waals surface area contributed by atoms with Crippen molar-refractivity contribution >= 4 is 11.9 Å². The average molecular weight is 326 g/mol. The molecule has 4 heteroatoms. The number of benzene rings is 2. The van der Waals surface area contributed by atoms with Gasteiger partial charge in [0.2, 0.25) is 0 Å². The Labute approximate surface area is 142 Å². The van der Waals surface area contributed by atoms with Gasteiger partial charge in [0.1, 0.15) is 17.2 Å². The fraction of sp³-hybridized carbons (Fsp3) is 0.250. The number of rotatable bonds is 6. The number of aromatic hydroxyl groups is 2. The minimum Gasteiger partial charge on any atom is -0.508 e. The molecular weight excluding hydrogens is 304 g/mol. The predicted octanol–water partition coefficient (Wildman–Crippen LogP) is 4.52. The van der Waals surface area contributed by atoms with E-state index in [1.807, 2.05) is 26.8 Å². The van der Waals surface area contributed by atoms with E-state index in [0.717, 1.165) is 11.1 Å². The molecule has 2 aromatic carbocycles. The number of hydrogen-bond donors (Lipinski definition) is 2. The molecule has 0 heterocycles. The summed E-state index contributed by atoms with van der Waals surface area (Å²) in [6.45, 7) is 6.31. The smallest absolute Gasteiger partial charge is 0.185 e. The van der Waals surface area contributed by atoms with E-state index in [2.05, 4.69) is 0 Å². The van der Waals surface area contributed by atoms with Crippen LogP contribution in [0.3, 0.4) is 0 Å². The van der Waals surface area contributed by atoms with Crippen molar-refractivity contribution in [3.05, 3.63) is 59.2 Å². The van der Waals surface area contributed by atoms with Crippen LogP contribution in [0, 0.1) is 0 Å². The Hall–Kier alpha value is -2.75. The van der Waals surface area contributed by atoms with Crippen LogP contribution in [0.2, 0.25) is 0 Å². The molecule has 2 rings (SSSR count). The third-order valence-electron chi connectivity index (χ3n) is 3.65. The minimum atomic E-state index is -0.170. The highest BCUT2D eigenvalue weighted by Gasteiger charge is 2.12. The van der Waals surface area contributed by atoms with Gasteiger partial charge in [-0.3, -0.25) is 4.79 Å². The first-order valence-corrected chi connectivity index (χ1v) is 7.93. The van der Waals surface area contributed by atoms with Crippen LogP contribution in [0.1, 0.15) is 48.2 Å². The molecule has 0 fully saturated rings. The van der Waals surface area contributed by atoms with Gasteiger partial charge in [0.25, 0.3) is 0 Å². The van der Waals surface area contributed by atoms with Gasteiger partial charge in [-0.05, 0) is 60.9 Å². The first-order chi connectivity index (χ1) is 11.4. The maximum Gasteiger partial charge on any atom is 0.185 e. The Morgan fingerprint density at radius 2 is 1.83 bits per heavy atom. The second-order valence-corrected chi connectivity index (χ2v) is 5.78. The van der Waals surface area contributed by atoms with Gasteiger partial charge in [-0.15, -0.1) is 0 Å². The molecule has 0 unspecified atom stereocenters. The summed E-state index contributed by atoms with van der Waals surface area (Å²) in [5.41, 5.74) is 2.03. The summed E-state index contributed by atoms with van der Waals surface area (Å²) in [4.78, 5) is 12.2. The molecule has 24 heavy (non-hydrogen) atoms. The lowest BCUT2D eigenvalue weighted by Crippen LogP contribution is -1.98. The van der Waals surface area contributed by atoms with Crippen molar-refractivity contribution in [3.8, 4) is 17.2 Å². The van der Waals surface area contributed by atoms with Crippen LogP contribution >= 0.6 is 0 Å². The highest BCUT2D eigenvalue weighted by molar-refractivity contribution is 6.07. The average Bonchev–Trinajstić information content (AvgIpc) is 2.54. The van der Waals surface area contributed by atoms with E-state index in [0.29, 0.717) is 17.9 Å². The van der Waals surface area contributed by atoms with Gasteiger partial charge in [0.05, 0.1) is 6.61 Å². The second kappa shape index (κ2) is 7.68. The van der Waals surface area contributed by atoms with Gasteiger partial charge in [-0.2, -0.15) is 0 Å². The molecule has 0 aliphatic carbocycles. The Kier molecular flexibility index (Phi) is 5.64. The molecule has 0 spiro atoms. The van der Waals surface area contributed by atoms with Crippen molar-refractivity contribution < 1.29 is 19.7 Å². The molecule has 0 bridgehead atoms. The van der Waals surface area contributed by atoms with Crippen LogP contribution in [0.15, 0.2) is 42.5 Å². The lowest BCUT2D eigenvalue weighted by Gasteiger charge is -2.14. The Morgan fingerprint density at radius 1 is 1.17 bits per heavy atom. The summed E-state index contributed by atoms with van der Waals surface area (Å²) in [6, 6.07) is 9.52. The zero-order valence-electron chi connectivity index (χ0n) is 14.1. The van der Waals surface area contributed by atoms with Crippen LogP contribution in [0.4, 0.5) is 0 Å². The van der Waals surface area contributed by atoms with E-state index in [9.17, 15) is 15.0 Å². The lowest BCUT2D eigenvalue weighted by atomic mass is 9.98. The standard InChI is InChI=1S/C20H22O4/c1-4-24-20-12-19(23)17(13(2)3)11-15(20)7-10-18(22)14-5-8-16(21)9-6-14/h5-13,21,23H,4H2,1-3H3. The van der Waals surface area contributed by atoms with Gasteiger partial charge in [0, 0.05) is 17.2 Å². The molecule has 0 aromatic heterocycles. The summed E-state index contributed by atoms with van der Waals surface area (Å²) in [5, 5.41) is 19.4. The Balaban J connectivity index is 2.34. The SMILES string of the molecule is CCOc1cc(O)c(C(C)C)cc1C=CC(=O)c1ccc(O)cc1. The monoisotopic (exact) mass is 326 g/mol. The van der Waals surface area contributed by atoms with Crippen LogP contribution in [-0.4, -0.2) is 22.6 Å². The first-order valence-electron chi connectivity index (χ1n) is 7.93. The van der Waals surface area contributed by atoms with Crippen LogP contribution in [0.25, 0.3) is 6.08 Å².